The minimum Gasteiger partial charge on any atom is -0.115 e. The van der Waals surface area contributed by atoms with E-state index in [1.54, 1.807) is 0 Å². The molecule has 94 valence electrons. The Morgan fingerprint density at radius 3 is 2.40 bits per heavy atom. The highest BCUT2D eigenvalue weighted by atomic mass is 14.3. The van der Waals surface area contributed by atoms with Crippen molar-refractivity contribution in [3.8, 4) is 23.5 Å². The Morgan fingerprint density at radius 2 is 1.55 bits per heavy atom. The van der Waals surface area contributed by atoms with Crippen LogP contribution in [0.3, 0.4) is 0 Å². The average molecular weight is 254 g/mol. The second-order valence-electron chi connectivity index (χ2n) is 5.32. The third-order valence-electron chi connectivity index (χ3n) is 4.34. The lowest BCUT2D eigenvalue weighted by Gasteiger charge is -2.34. The minimum absolute atomic E-state index is 0.358. The lowest BCUT2D eigenvalue weighted by Crippen LogP contribution is -2.17. The van der Waals surface area contributed by atoms with Crippen LogP contribution in [0.1, 0.15) is 28.5 Å². The van der Waals surface area contributed by atoms with Gasteiger partial charge < -0.3 is 0 Å². The van der Waals surface area contributed by atoms with Crippen molar-refractivity contribution in [2.24, 2.45) is 0 Å². The highest BCUT2D eigenvalue weighted by molar-refractivity contribution is 5.79. The minimum atomic E-state index is 0.358. The van der Waals surface area contributed by atoms with E-state index in [-0.39, 0.29) is 0 Å². The molecular formula is C20H14. The molecule has 4 rings (SSSR count). The standard InChI is InChI=1S/C20H14/c1-2-14-8-7-13-19-17-10-4-3-9-15(17)16-11-5-6-12-18(16)20(14)19/h1,3-13,16,18H. The van der Waals surface area contributed by atoms with Gasteiger partial charge >= 0.3 is 0 Å². The van der Waals surface area contributed by atoms with Crippen LogP contribution in [0.15, 0.2) is 66.8 Å². The molecule has 2 aromatic rings. The van der Waals surface area contributed by atoms with Gasteiger partial charge in [0.15, 0.2) is 0 Å². The number of benzene rings is 2. The van der Waals surface area contributed by atoms with E-state index >= 15 is 0 Å². The van der Waals surface area contributed by atoms with E-state index in [9.17, 15) is 0 Å². The SMILES string of the molecule is C#Cc1cccc2c1C1C=CC=CC1c1ccccc1-2. The molecule has 0 aromatic heterocycles. The van der Waals surface area contributed by atoms with Crippen LogP contribution >= 0.6 is 0 Å². The highest BCUT2D eigenvalue weighted by Crippen LogP contribution is 2.50. The van der Waals surface area contributed by atoms with Gasteiger partial charge in [0, 0.05) is 17.4 Å². The zero-order chi connectivity index (χ0) is 13.5. The summed E-state index contributed by atoms with van der Waals surface area (Å²) in [6, 6.07) is 15.0. The molecule has 0 fully saturated rings. The van der Waals surface area contributed by atoms with Crippen molar-refractivity contribution in [2.75, 3.05) is 0 Å². The summed E-state index contributed by atoms with van der Waals surface area (Å²) in [5, 5.41) is 0. The molecule has 0 spiro atoms. The molecule has 0 N–H and O–H groups in total. The van der Waals surface area contributed by atoms with Gasteiger partial charge in [0.05, 0.1) is 0 Å². The Labute approximate surface area is 119 Å². The fourth-order valence-electron chi connectivity index (χ4n) is 3.50. The van der Waals surface area contributed by atoms with Crippen LogP contribution in [0.25, 0.3) is 11.1 Å². The first kappa shape index (κ1) is 11.3. The largest absolute Gasteiger partial charge is 0.115 e. The summed E-state index contributed by atoms with van der Waals surface area (Å²) in [4.78, 5) is 0. The Kier molecular flexibility index (Phi) is 2.41. The third-order valence-corrected chi connectivity index (χ3v) is 4.34. The van der Waals surface area contributed by atoms with E-state index in [2.05, 4.69) is 72.7 Å². The molecular weight excluding hydrogens is 240 g/mol. The molecule has 0 saturated heterocycles. The lowest BCUT2D eigenvalue weighted by atomic mass is 9.69. The number of terminal acetylenes is 1. The van der Waals surface area contributed by atoms with E-state index < -0.39 is 0 Å². The van der Waals surface area contributed by atoms with Gasteiger partial charge in [0.2, 0.25) is 0 Å². The first-order chi connectivity index (χ1) is 9.90. The predicted octanol–water partition coefficient (Wildman–Crippen LogP) is 4.64. The monoisotopic (exact) mass is 254 g/mol. The Bertz CT molecular complexity index is 784. The van der Waals surface area contributed by atoms with Crippen LogP contribution in [-0.4, -0.2) is 0 Å². The van der Waals surface area contributed by atoms with Crippen LogP contribution in [-0.2, 0) is 0 Å². The van der Waals surface area contributed by atoms with Crippen molar-refractivity contribution in [3.05, 3.63) is 83.5 Å². The maximum absolute atomic E-state index is 5.72. The van der Waals surface area contributed by atoms with Gasteiger partial charge in [-0.1, -0.05) is 66.6 Å². The molecule has 0 aliphatic heterocycles. The average Bonchev–Trinajstić information content (AvgIpc) is 2.54. The maximum Gasteiger partial charge on any atom is 0.0287 e. The molecule has 2 unspecified atom stereocenters. The van der Waals surface area contributed by atoms with Crippen molar-refractivity contribution in [1.29, 1.82) is 0 Å². The van der Waals surface area contributed by atoms with E-state index in [0.717, 1.165) is 5.56 Å². The lowest BCUT2D eigenvalue weighted by molar-refractivity contribution is 0.718. The first-order valence-electron chi connectivity index (χ1n) is 6.94. The van der Waals surface area contributed by atoms with E-state index in [1.165, 1.54) is 22.3 Å². The number of fused-ring (bicyclic) bond motifs is 6. The van der Waals surface area contributed by atoms with E-state index in [1.807, 2.05) is 0 Å². The van der Waals surface area contributed by atoms with E-state index in [0.29, 0.717) is 11.8 Å². The topological polar surface area (TPSA) is 0 Å². The van der Waals surface area contributed by atoms with Crippen LogP contribution in [0.4, 0.5) is 0 Å². The molecule has 2 atom stereocenters. The van der Waals surface area contributed by atoms with Crippen molar-refractivity contribution >= 4 is 0 Å². The summed E-state index contributed by atoms with van der Waals surface area (Å²) >= 11 is 0. The second kappa shape index (κ2) is 4.25. The number of allylic oxidation sites excluding steroid dienone is 4. The van der Waals surface area contributed by atoms with Crippen LogP contribution in [0.2, 0.25) is 0 Å². The van der Waals surface area contributed by atoms with Crippen molar-refractivity contribution in [3.63, 3.8) is 0 Å². The molecule has 0 bridgehead atoms. The molecule has 0 saturated carbocycles. The summed E-state index contributed by atoms with van der Waals surface area (Å²) in [5.41, 5.74) is 6.34. The van der Waals surface area contributed by atoms with Gasteiger partial charge in [-0.15, -0.1) is 6.42 Å². The zero-order valence-corrected chi connectivity index (χ0v) is 11.1. The molecule has 0 nitrogen and oxygen atoms in total. The van der Waals surface area contributed by atoms with Gasteiger partial charge in [-0.3, -0.25) is 0 Å². The summed E-state index contributed by atoms with van der Waals surface area (Å²) in [5.74, 6) is 3.62. The summed E-state index contributed by atoms with van der Waals surface area (Å²) in [6.07, 6.45) is 14.6. The van der Waals surface area contributed by atoms with Crippen LogP contribution < -0.4 is 0 Å². The molecule has 2 aromatic carbocycles. The summed E-state index contributed by atoms with van der Waals surface area (Å²) < 4.78 is 0. The quantitative estimate of drug-likeness (QED) is 0.601. The van der Waals surface area contributed by atoms with E-state index in [4.69, 9.17) is 6.42 Å². The zero-order valence-electron chi connectivity index (χ0n) is 11.1. The molecule has 0 amide bonds. The van der Waals surface area contributed by atoms with Gasteiger partial charge in [-0.25, -0.2) is 0 Å². The predicted molar refractivity (Wildman–Crippen MR) is 83.6 cm³/mol. The van der Waals surface area contributed by atoms with Crippen molar-refractivity contribution < 1.29 is 0 Å². The fraction of sp³-hybridized carbons (Fsp3) is 0.100. The van der Waals surface area contributed by atoms with Crippen molar-refractivity contribution in [1.82, 2.24) is 0 Å². The third kappa shape index (κ3) is 1.44. The first-order valence-corrected chi connectivity index (χ1v) is 6.94. The molecule has 0 radical (unpaired) electrons. The number of rotatable bonds is 0. The van der Waals surface area contributed by atoms with Gasteiger partial charge in [-0.05, 0) is 28.3 Å². The Balaban J connectivity index is 2.10. The molecule has 2 aliphatic carbocycles. The smallest absolute Gasteiger partial charge is 0.0287 e. The second-order valence-corrected chi connectivity index (χ2v) is 5.32. The summed E-state index contributed by atoms with van der Waals surface area (Å²) in [6.45, 7) is 0. The molecule has 2 aliphatic rings. The van der Waals surface area contributed by atoms with Gasteiger partial charge in [0.1, 0.15) is 0 Å². The number of hydrogen-bond donors (Lipinski definition) is 0. The Hall–Kier alpha value is -2.52. The number of hydrogen-bond acceptors (Lipinski definition) is 0. The fourth-order valence-corrected chi connectivity index (χ4v) is 3.50. The van der Waals surface area contributed by atoms with Crippen LogP contribution in [0.5, 0.6) is 0 Å². The summed E-state index contributed by atoms with van der Waals surface area (Å²) in [7, 11) is 0. The van der Waals surface area contributed by atoms with Gasteiger partial charge in [0.25, 0.3) is 0 Å². The normalized spacial score (nSPS) is 21.6. The molecule has 20 heavy (non-hydrogen) atoms. The highest BCUT2D eigenvalue weighted by Gasteiger charge is 2.32. The van der Waals surface area contributed by atoms with Gasteiger partial charge in [-0.2, -0.15) is 0 Å². The maximum atomic E-state index is 5.72. The molecule has 0 heterocycles. The Morgan fingerprint density at radius 1 is 0.800 bits per heavy atom. The van der Waals surface area contributed by atoms with Crippen molar-refractivity contribution in [2.45, 2.75) is 11.8 Å². The molecule has 0 heteroatoms. The van der Waals surface area contributed by atoms with Crippen LogP contribution in [0, 0.1) is 12.3 Å².